The van der Waals surface area contributed by atoms with Crippen molar-refractivity contribution in [1.29, 1.82) is 0 Å². The monoisotopic (exact) mass is 345 g/mol. The molecule has 0 aliphatic carbocycles. The molecule has 0 atom stereocenters. The standard InChI is InChI=1S/C18H20ClN3O2/c1-13(23)20-15-7-9-16(10-8-15)21-18(24)12-22(2)11-14-5-3-4-6-17(14)19/h3-10H,11-12H2,1-2H3,(H,20,23)(H,21,24). The number of nitrogens with zero attached hydrogens (tertiary/aromatic N) is 1. The molecule has 0 unspecified atom stereocenters. The number of anilines is 2. The minimum Gasteiger partial charge on any atom is -0.326 e. The van der Waals surface area contributed by atoms with Crippen LogP contribution in [0, 0.1) is 0 Å². The molecule has 5 nitrogen and oxygen atoms in total. The van der Waals surface area contributed by atoms with Crippen molar-refractivity contribution in [2.45, 2.75) is 13.5 Å². The van der Waals surface area contributed by atoms with Gasteiger partial charge in [-0.3, -0.25) is 14.5 Å². The predicted molar refractivity (Wildman–Crippen MR) is 97.2 cm³/mol. The lowest BCUT2D eigenvalue weighted by atomic mass is 10.2. The summed E-state index contributed by atoms with van der Waals surface area (Å²) in [7, 11) is 1.86. The summed E-state index contributed by atoms with van der Waals surface area (Å²) in [5.74, 6) is -0.246. The first-order valence-electron chi connectivity index (χ1n) is 7.53. The highest BCUT2D eigenvalue weighted by Crippen LogP contribution is 2.17. The summed E-state index contributed by atoms with van der Waals surface area (Å²) >= 11 is 6.13. The number of halogens is 1. The fourth-order valence-electron chi connectivity index (χ4n) is 2.26. The third-order valence-corrected chi connectivity index (χ3v) is 3.67. The van der Waals surface area contributed by atoms with Gasteiger partial charge in [-0.1, -0.05) is 29.8 Å². The minimum absolute atomic E-state index is 0.114. The summed E-state index contributed by atoms with van der Waals surface area (Å²) in [5.41, 5.74) is 2.35. The number of benzene rings is 2. The van der Waals surface area contributed by atoms with E-state index in [-0.39, 0.29) is 18.4 Å². The number of nitrogens with one attached hydrogen (secondary N) is 2. The summed E-state index contributed by atoms with van der Waals surface area (Å²) in [4.78, 5) is 25.0. The fourth-order valence-corrected chi connectivity index (χ4v) is 2.45. The maximum absolute atomic E-state index is 12.1. The van der Waals surface area contributed by atoms with E-state index < -0.39 is 0 Å². The first-order valence-corrected chi connectivity index (χ1v) is 7.91. The zero-order valence-electron chi connectivity index (χ0n) is 13.7. The van der Waals surface area contributed by atoms with E-state index in [0.717, 1.165) is 5.56 Å². The maximum Gasteiger partial charge on any atom is 0.238 e. The topological polar surface area (TPSA) is 61.4 Å². The second-order valence-electron chi connectivity index (χ2n) is 5.57. The molecule has 0 saturated carbocycles. The van der Waals surface area contributed by atoms with Gasteiger partial charge in [-0.2, -0.15) is 0 Å². The van der Waals surface area contributed by atoms with Crippen LogP contribution in [0.25, 0.3) is 0 Å². The molecule has 0 saturated heterocycles. The third kappa shape index (κ3) is 5.68. The second-order valence-corrected chi connectivity index (χ2v) is 5.98. The Labute approximate surface area is 146 Å². The molecule has 0 aliphatic rings. The summed E-state index contributed by atoms with van der Waals surface area (Å²) in [6, 6.07) is 14.6. The normalized spacial score (nSPS) is 10.5. The Morgan fingerprint density at radius 2 is 1.58 bits per heavy atom. The Morgan fingerprint density at radius 1 is 1.00 bits per heavy atom. The van der Waals surface area contributed by atoms with Gasteiger partial charge in [0.15, 0.2) is 0 Å². The van der Waals surface area contributed by atoms with Crippen molar-refractivity contribution < 1.29 is 9.59 Å². The molecule has 2 rings (SSSR count). The highest BCUT2D eigenvalue weighted by molar-refractivity contribution is 6.31. The molecule has 2 aromatic rings. The van der Waals surface area contributed by atoms with Crippen LogP contribution >= 0.6 is 11.6 Å². The number of carbonyl (C=O) groups is 2. The van der Waals surface area contributed by atoms with Crippen molar-refractivity contribution >= 4 is 34.8 Å². The van der Waals surface area contributed by atoms with Crippen molar-refractivity contribution in [3.63, 3.8) is 0 Å². The number of amides is 2. The summed E-state index contributed by atoms with van der Waals surface area (Å²) in [6.45, 7) is 2.29. The van der Waals surface area contributed by atoms with Crippen LogP contribution < -0.4 is 10.6 Å². The van der Waals surface area contributed by atoms with E-state index in [9.17, 15) is 9.59 Å². The average Bonchev–Trinajstić information content (AvgIpc) is 2.51. The Morgan fingerprint density at radius 3 is 2.17 bits per heavy atom. The Kier molecular flexibility index (Phi) is 6.35. The zero-order valence-corrected chi connectivity index (χ0v) is 14.4. The van der Waals surface area contributed by atoms with E-state index in [0.29, 0.717) is 22.9 Å². The highest BCUT2D eigenvalue weighted by atomic mass is 35.5. The predicted octanol–water partition coefficient (Wildman–Crippen LogP) is 3.37. The minimum atomic E-state index is -0.131. The van der Waals surface area contributed by atoms with Crippen molar-refractivity contribution in [3.8, 4) is 0 Å². The third-order valence-electron chi connectivity index (χ3n) is 3.30. The molecule has 2 aromatic carbocycles. The summed E-state index contributed by atoms with van der Waals surface area (Å²) < 4.78 is 0. The molecule has 126 valence electrons. The van der Waals surface area contributed by atoms with Crippen LogP contribution in [0.2, 0.25) is 5.02 Å². The summed E-state index contributed by atoms with van der Waals surface area (Å²) in [5, 5.41) is 6.20. The molecule has 0 radical (unpaired) electrons. The van der Waals surface area contributed by atoms with E-state index in [4.69, 9.17) is 11.6 Å². The van der Waals surface area contributed by atoms with Crippen LogP contribution in [0.4, 0.5) is 11.4 Å². The Bertz CT molecular complexity index is 716. The van der Waals surface area contributed by atoms with Crippen LogP contribution in [0.3, 0.4) is 0 Å². The molecular formula is C18H20ClN3O2. The quantitative estimate of drug-likeness (QED) is 0.843. The van der Waals surface area contributed by atoms with Gasteiger partial charge in [0.2, 0.25) is 11.8 Å². The number of likely N-dealkylation sites (N-methyl/N-ethyl adjacent to an activating group) is 1. The molecule has 0 spiro atoms. The van der Waals surface area contributed by atoms with Gasteiger partial charge < -0.3 is 10.6 Å². The van der Waals surface area contributed by atoms with Crippen LogP contribution in [-0.4, -0.2) is 30.3 Å². The molecule has 24 heavy (non-hydrogen) atoms. The van der Waals surface area contributed by atoms with Gasteiger partial charge in [-0.15, -0.1) is 0 Å². The van der Waals surface area contributed by atoms with Crippen LogP contribution in [-0.2, 0) is 16.1 Å². The van der Waals surface area contributed by atoms with Crippen molar-refractivity contribution in [2.75, 3.05) is 24.2 Å². The molecule has 6 heteroatoms. The number of hydrogen-bond acceptors (Lipinski definition) is 3. The lowest BCUT2D eigenvalue weighted by molar-refractivity contribution is -0.117. The van der Waals surface area contributed by atoms with E-state index in [1.807, 2.05) is 36.2 Å². The van der Waals surface area contributed by atoms with Crippen LogP contribution in [0.1, 0.15) is 12.5 Å². The number of rotatable bonds is 6. The molecule has 2 N–H and O–H groups in total. The highest BCUT2D eigenvalue weighted by Gasteiger charge is 2.09. The van der Waals surface area contributed by atoms with E-state index in [1.54, 1.807) is 24.3 Å². The van der Waals surface area contributed by atoms with Gasteiger partial charge in [-0.05, 0) is 42.9 Å². The largest absolute Gasteiger partial charge is 0.326 e. The van der Waals surface area contributed by atoms with Gasteiger partial charge in [0.25, 0.3) is 0 Å². The van der Waals surface area contributed by atoms with Gasteiger partial charge >= 0.3 is 0 Å². The Balaban J connectivity index is 1.86. The van der Waals surface area contributed by atoms with Gasteiger partial charge in [0, 0.05) is 29.9 Å². The molecule has 0 heterocycles. The average molecular weight is 346 g/mol. The van der Waals surface area contributed by atoms with Crippen molar-refractivity contribution in [1.82, 2.24) is 4.90 Å². The van der Waals surface area contributed by atoms with Gasteiger partial charge in [0.1, 0.15) is 0 Å². The molecule has 0 aliphatic heterocycles. The van der Waals surface area contributed by atoms with Crippen LogP contribution in [0.15, 0.2) is 48.5 Å². The maximum atomic E-state index is 12.1. The van der Waals surface area contributed by atoms with E-state index >= 15 is 0 Å². The smallest absolute Gasteiger partial charge is 0.238 e. The SMILES string of the molecule is CC(=O)Nc1ccc(NC(=O)CN(C)Cc2ccccc2Cl)cc1. The van der Waals surface area contributed by atoms with Gasteiger partial charge in [0.05, 0.1) is 6.54 Å². The second kappa shape index (κ2) is 8.47. The Hall–Kier alpha value is -2.37. The number of hydrogen-bond donors (Lipinski definition) is 2. The molecule has 0 aromatic heterocycles. The van der Waals surface area contributed by atoms with Crippen molar-refractivity contribution in [2.24, 2.45) is 0 Å². The molecule has 2 amide bonds. The summed E-state index contributed by atoms with van der Waals surface area (Å²) in [6.07, 6.45) is 0. The lowest BCUT2D eigenvalue weighted by Gasteiger charge is -2.17. The zero-order chi connectivity index (χ0) is 17.5. The first kappa shape index (κ1) is 18.0. The molecule has 0 fully saturated rings. The number of carbonyl (C=O) groups excluding carboxylic acids is 2. The van der Waals surface area contributed by atoms with Crippen molar-refractivity contribution in [3.05, 3.63) is 59.1 Å². The van der Waals surface area contributed by atoms with Crippen LogP contribution in [0.5, 0.6) is 0 Å². The molecule has 0 bridgehead atoms. The van der Waals surface area contributed by atoms with E-state index in [2.05, 4.69) is 10.6 Å². The fraction of sp³-hybridized carbons (Fsp3) is 0.222. The van der Waals surface area contributed by atoms with E-state index in [1.165, 1.54) is 6.92 Å². The first-order chi connectivity index (χ1) is 11.4. The van der Waals surface area contributed by atoms with Gasteiger partial charge in [-0.25, -0.2) is 0 Å². The molecular weight excluding hydrogens is 326 g/mol. The lowest BCUT2D eigenvalue weighted by Crippen LogP contribution is -2.29.